The zero-order chi connectivity index (χ0) is 15.4. The molecule has 112 valence electrons. The molecule has 0 heterocycles. The molecule has 0 fully saturated rings. The van der Waals surface area contributed by atoms with Crippen LogP contribution in [0.25, 0.3) is 0 Å². The Kier molecular flexibility index (Phi) is 5.45. The van der Waals surface area contributed by atoms with Gasteiger partial charge in [-0.25, -0.2) is 4.39 Å². The SMILES string of the molecule is CC(N)Cc1cccc(F)c1OCc1cc(Cl)ccc1Cl. The summed E-state index contributed by atoms with van der Waals surface area (Å²) >= 11 is 12.0. The van der Waals surface area contributed by atoms with E-state index < -0.39 is 5.82 Å². The molecule has 0 aliphatic heterocycles. The number of benzene rings is 2. The van der Waals surface area contributed by atoms with Crippen molar-refractivity contribution in [3.63, 3.8) is 0 Å². The lowest BCUT2D eigenvalue weighted by Gasteiger charge is -2.14. The number of ether oxygens (including phenoxy) is 1. The molecule has 0 aliphatic carbocycles. The summed E-state index contributed by atoms with van der Waals surface area (Å²) in [6.45, 7) is 2.01. The lowest BCUT2D eigenvalue weighted by atomic mass is 10.1. The average Bonchev–Trinajstić information content (AvgIpc) is 2.41. The molecule has 0 radical (unpaired) electrons. The smallest absolute Gasteiger partial charge is 0.165 e. The molecular formula is C16H16Cl2FNO. The summed E-state index contributed by atoms with van der Waals surface area (Å²) in [5.41, 5.74) is 7.22. The Balaban J connectivity index is 2.21. The van der Waals surface area contributed by atoms with Gasteiger partial charge in [0.2, 0.25) is 0 Å². The molecular weight excluding hydrogens is 312 g/mol. The summed E-state index contributed by atoms with van der Waals surface area (Å²) in [7, 11) is 0. The summed E-state index contributed by atoms with van der Waals surface area (Å²) in [5, 5.41) is 1.09. The van der Waals surface area contributed by atoms with E-state index in [0.717, 1.165) is 5.56 Å². The van der Waals surface area contributed by atoms with E-state index in [2.05, 4.69) is 0 Å². The second-order valence-electron chi connectivity index (χ2n) is 4.93. The van der Waals surface area contributed by atoms with Crippen molar-refractivity contribution in [2.75, 3.05) is 0 Å². The molecule has 2 aromatic carbocycles. The quantitative estimate of drug-likeness (QED) is 0.870. The van der Waals surface area contributed by atoms with E-state index in [9.17, 15) is 4.39 Å². The highest BCUT2D eigenvalue weighted by Crippen LogP contribution is 2.27. The molecule has 1 unspecified atom stereocenters. The van der Waals surface area contributed by atoms with E-state index in [0.29, 0.717) is 22.0 Å². The van der Waals surface area contributed by atoms with E-state index >= 15 is 0 Å². The Labute approximate surface area is 133 Å². The van der Waals surface area contributed by atoms with Gasteiger partial charge in [0.1, 0.15) is 6.61 Å². The van der Waals surface area contributed by atoms with Gasteiger partial charge in [-0.05, 0) is 43.2 Å². The summed E-state index contributed by atoms with van der Waals surface area (Å²) in [4.78, 5) is 0. The van der Waals surface area contributed by atoms with E-state index in [1.165, 1.54) is 6.07 Å². The average molecular weight is 328 g/mol. The number of halogens is 3. The number of hydrogen-bond donors (Lipinski definition) is 1. The van der Waals surface area contributed by atoms with Gasteiger partial charge in [-0.1, -0.05) is 35.3 Å². The third-order valence-corrected chi connectivity index (χ3v) is 3.57. The third kappa shape index (κ3) is 4.34. The number of rotatable bonds is 5. The maximum Gasteiger partial charge on any atom is 0.165 e. The fourth-order valence-electron chi connectivity index (χ4n) is 2.03. The monoisotopic (exact) mass is 327 g/mol. The van der Waals surface area contributed by atoms with E-state index in [-0.39, 0.29) is 18.4 Å². The van der Waals surface area contributed by atoms with Gasteiger partial charge in [0, 0.05) is 21.7 Å². The summed E-state index contributed by atoms with van der Waals surface area (Å²) in [6.07, 6.45) is 0.538. The van der Waals surface area contributed by atoms with Gasteiger partial charge in [0.15, 0.2) is 11.6 Å². The molecule has 1 atom stereocenters. The van der Waals surface area contributed by atoms with Crippen LogP contribution < -0.4 is 10.5 Å². The van der Waals surface area contributed by atoms with Gasteiger partial charge >= 0.3 is 0 Å². The lowest BCUT2D eigenvalue weighted by molar-refractivity contribution is 0.286. The van der Waals surface area contributed by atoms with E-state index in [1.807, 2.05) is 6.92 Å². The minimum atomic E-state index is -0.411. The maximum absolute atomic E-state index is 14.0. The molecule has 0 saturated heterocycles. The summed E-state index contributed by atoms with van der Waals surface area (Å²) < 4.78 is 19.6. The van der Waals surface area contributed by atoms with Crippen LogP contribution >= 0.6 is 23.2 Å². The molecule has 0 saturated carbocycles. The molecule has 0 spiro atoms. The lowest BCUT2D eigenvalue weighted by Crippen LogP contribution is -2.18. The maximum atomic E-state index is 14.0. The van der Waals surface area contributed by atoms with Crippen molar-refractivity contribution in [1.82, 2.24) is 0 Å². The predicted molar refractivity (Wildman–Crippen MR) is 84.5 cm³/mol. The van der Waals surface area contributed by atoms with Crippen molar-refractivity contribution in [1.29, 1.82) is 0 Å². The van der Waals surface area contributed by atoms with Crippen LogP contribution in [0.3, 0.4) is 0 Å². The molecule has 0 aliphatic rings. The van der Waals surface area contributed by atoms with Crippen LogP contribution in [0.4, 0.5) is 4.39 Å². The van der Waals surface area contributed by atoms with Crippen LogP contribution in [0.2, 0.25) is 10.0 Å². The molecule has 0 amide bonds. The highest BCUT2D eigenvalue weighted by atomic mass is 35.5. The topological polar surface area (TPSA) is 35.2 Å². The first-order valence-corrected chi connectivity index (χ1v) is 7.32. The fourth-order valence-corrected chi connectivity index (χ4v) is 2.39. The van der Waals surface area contributed by atoms with Crippen LogP contribution in [-0.2, 0) is 13.0 Å². The van der Waals surface area contributed by atoms with Crippen LogP contribution in [0, 0.1) is 5.82 Å². The van der Waals surface area contributed by atoms with Gasteiger partial charge in [0.05, 0.1) is 0 Å². The Morgan fingerprint density at radius 3 is 2.67 bits per heavy atom. The largest absolute Gasteiger partial charge is 0.485 e. The fraction of sp³-hybridized carbons (Fsp3) is 0.250. The van der Waals surface area contributed by atoms with Crippen LogP contribution in [0.15, 0.2) is 36.4 Å². The molecule has 2 N–H and O–H groups in total. The zero-order valence-electron chi connectivity index (χ0n) is 11.6. The first-order valence-electron chi connectivity index (χ1n) is 6.57. The Bertz CT molecular complexity index is 632. The first kappa shape index (κ1) is 16.1. The van der Waals surface area contributed by atoms with Gasteiger partial charge < -0.3 is 10.5 Å². The number of para-hydroxylation sites is 1. The zero-order valence-corrected chi connectivity index (χ0v) is 13.1. The van der Waals surface area contributed by atoms with Gasteiger partial charge in [0.25, 0.3) is 0 Å². The number of hydrogen-bond acceptors (Lipinski definition) is 2. The highest BCUT2D eigenvalue weighted by Gasteiger charge is 2.12. The Morgan fingerprint density at radius 2 is 1.95 bits per heavy atom. The highest BCUT2D eigenvalue weighted by molar-refractivity contribution is 6.33. The van der Waals surface area contributed by atoms with Gasteiger partial charge in [-0.3, -0.25) is 0 Å². The van der Waals surface area contributed by atoms with Crippen LogP contribution in [0.1, 0.15) is 18.1 Å². The van der Waals surface area contributed by atoms with Crippen molar-refractivity contribution in [3.05, 3.63) is 63.4 Å². The number of nitrogens with two attached hydrogens (primary N) is 1. The second kappa shape index (κ2) is 7.12. The van der Waals surface area contributed by atoms with Crippen molar-refractivity contribution >= 4 is 23.2 Å². The van der Waals surface area contributed by atoms with Crippen molar-refractivity contribution < 1.29 is 9.13 Å². The van der Waals surface area contributed by atoms with E-state index in [4.69, 9.17) is 33.7 Å². The molecule has 0 aromatic heterocycles. The van der Waals surface area contributed by atoms with E-state index in [1.54, 1.807) is 30.3 Å². The first-order chi connectivity index (χ1) is 9.97. The van der Waals surface area contributed by atoms with Gasteiger partial charge in [-0.2, -0.15) is 0 Å². The molecule has 5 heteroatoms. The standard InChI is InChI=1S/C16H16Cl2FNO/c1-10(20)7-11-3-2-4-15(19)16(11)21-9-12-8-13(17)5-6-14(12)18/h2-6,8,10H,7,9,20H2,1H3. The van der Waals surface area contributed by atoms with Crippen molar-refractivity contribution in [2.45, 2.75) is 26.0 Å². The van der Waals surface area contributed by atoms with Crippen LogP contribution in [-0.4, -0.2) is 6.04 Å². The minimum absolute atomic E-state index is 0.0797. The summed E-state index contributed by atoms with van der Waals surface area (Å²) in [6, 6.07) is 9.82. The molecule has 0 bridgehead atoms. The van der Waals surface area contributed by atoms with Crippen LogP contribution in [0.5, 0.6) is 5.75 Å². The van der Waals surface area contributed by atoms with Crippen molar-refractivity contribution in [2.24, 2.45) is 5.73 Å². The molecule has 2 nitrogen and oxygen atoms in total. The Hall–Kier alpha value is -1.29. The normalized spacial score (nSPS) is 12.2. The molecule has 2 rings (SSSR count). The Morgan fingerprint density at radius 1 is 1.19 bits per heavy atom. The minimum Gasteiger partial charge on any atom is -0.485 e. The molecule has 21 heavy (non-hydrogen) atoms. The third-order valence-electron chi connectivity index (χ3n) is 2.97. The predicted octanol–water partition coefficient (Wildman–Crippen LogP) is 4.60. The van der Waals surface area contributed by atoms with Crippen molar-refractivity contribution in [3.8, 4) is 5.75 Å². The summed E-state index contributed by atoms with van der Waals surface area (Å²) in [5.74, 6) is -0.197. The van der Waals surface area contributed by atoms with Gasteiger partial charge in [-0.15, -0.1) is 0 Å². The molecule has 2 aromatic rings. The second-order valence-corrected chi connectivity index (χ2v) is 5.78.